The molecule has 1 aliphatic heterocycles. The van der Waals surface area contributed by atoms with Crippen LogP contribution in [0.1, 0.15) is 54.7 Å². The number of aromatic nitrogens is 3. The number of carbonyl (C=O) groups is 2. The van der Waals surface area contributed by atoms with Gasteiger partial charge < -0.3 is 9.80 Å². The van der Waals surface area contributed by atoms with Crippen LogP contribution in [-0.2, 0) is 35.4 Å². The molecule has 0 saturated carbocycles. The van der Waals surface area contributed by atoms with Crippen molar-refractivity contribution in [2.75, 3.05) is 20.1 Å². The Kier molecular flexibility index (Phi) is 6.45. The molecular weight excluding hydrogens is 378 g/mol. The van der Waals surface area contributed by atoms with Gasteiger partial charge >= 0.3 is 0 Å². The van der Waals surface area contributed by atoms with Crippen molar-refractivity contribution in [1.29, 1.82) is 0 Å². The number of aryl methyl sites for hydroxylation is 1. The molecular formula is C23H31N5O2. The molecule has 7 heteroatoms. The molecule has 3 heterocycles. The van der Waals surface area contributed by atoms with Crippen molar-refractivity contribution in [3.05, 3.63) is 47.0 Å². The van der Waals surface area contributed by atoms with Crippen LogP contribution in [0.25, 0.3) is 0 Å². The molecule has 1 N–H and O–H groups in total. The monoisotopic (exact) mass is 409 g/mol. The van der Waals surface area contributed by atoms with Crippen molar-refractivity contribution in [2.24, 2.45) is 5.92 Å². The average molecular weight is 410 g/mol. The standard InChI is InChI=1S/C23H31N5O2/c1-27(16-21-19-8-3-2-4-9-20(19)25-26-21)23(30)17-10-11-22(29)28(15-17)14-12-18-7-5-6-13-24-18/h5-7,13,17H,2-4,8-12,14-16H2,1H3,(H,25,26). The van der Waals surface area contributed by atoms with Crippen molar-refractivity contribution >= 4 is 11.8 Å². The molecule has 2 amide bonds. The van der Waals surface area contributed by atoms with Crippen molar-refractivity contribution in [3.63, 3.8) is 0 Å². The van der Waals surface area contributed by atoms with Crippen molar-refractivity contribution in [3.8, 4) is 0 Å². The van der Waals surface area contributed by atoms with E-state index in [1.54, 1.807) is 11.1 Å². The lowest BCUT2D eigenvalue weighted by Crippen LogP contribution is -2.46. The lowest BCUT2D eigenvalue weighted by atomic mass is 9.95. The number of H-pyrrole nitrogens is 1. The van der Waals surface area contributed by atoms with Gasteiger partial charge in [0.1, 0.15) is 0 Å². The second-order valence-corrected chi connectivity index (χ2v) is 8.53. The molecule has 30 heavy (non-hydrogen) atoms. The van der Waals surface area contributed by atoms with Crippen LogP contribution in [0, 0.1) is 5.92 Å². The van der Waals surface area contributed by atoms with Gasteiger partial charge in [-0.05, 0) is 49.8 Å². The number of hydrogen-bond donors (Lipinski definition) is 1. The third-order valence-electron chi connectivity index (χ3n) is 6.37. The fraction of sp³-hybridized carbons (Fsp3) is 0.565. The van der Waals surface area contributed by atoms with Crippen LogP contribution in [0.3, 0.4) is 0 Å². The van der Waals surface area contributed by atoms with E-state index in [9.17, 15) is 9.59 Å². The molecule has 0 radical (unpaired) electrons. The number of likely N-dealkylation sites (tertiary alicyclic amines) is 1. The van der Waals surface area contributed by atoms with Crippen molar-refractivity contribution in [1.82, 2.24) is 25.0 Å². The Balaban J connectivity index is 1.35. The molecule has 160 valence electrons. The number of pyridine rings is 1. The summed E-state index contributed by atoms with van der Waals surface area (Å²) in [5.74, 6) is 0.0972. The predicted octanol–water partition coefficient (Wildman–Crippen LogP) is 2.51. The van der Waals surface area contributed by atoms with Crippen molar-refractivity contribution in [2.45, 2.75) is 57.9 Å². The summed E-state index contributed by atoms with van der Waals surface area (Å²) >= 11 is 0. The Bertz CT molecular complexity index is 879. The van der Waals surface area contributed by atoms with Gasteiger partial charge in [-0.2, -0.15) is 5.10 Å². The highest BCUT2D eigenvalue weighted by molar-refractivity contribution is 5.83. The highest BCUT2D eigenvalue weighted by atomic mass is 16.2. The van der Waals surface area contributed by atoms with E-state index in [1.807, 2.05) is 30.1 Å². The summed E-state index contributed by atoms with van der Waals surface area (Å²) in [5.41, 5.74) is 4.52. The van der Waals surface area contributed by atoms with Gasteiger partial charge in [-0.3, -0.25) is 19.7 Å². The third kappa shape index (κ3) is 4.71. The normalized spacial score (nSPS) is 19.3. The molecule has 0 aromatic carbocycles. The second-order valence-electron chi connectivity index (χ2n) is 8.53. The summed E-state index contributed by atoms with van der Waals surface area (Å²) in [4.78, 5) is 33.4. The van der Waals surface area contributed by atoms with E-state index in [0.29, 0.717) is 38.9 Å². The molecule has 2 aromatic heterocycles. The number of nitrogens with one attached hydrogen (secondary N) is 1. The maximum atomic E-state index is 13.1. The third-order valence-corrected chi connectivity index (χ3v) is 6.37. The lowest BCUT2D eigenvalue weighted by molar-refractivity contribution is -0.142. The molecule has 1 unspecified atom stereocenters. The topological polar surface area (TPSA) is 82.2 Å². The van der Waals surface area contributed by atoms with Gasteiger partial charge in [0.25, 0.3) is 0 Å². The lowest BCUT2D eigenvalue weighted by Gasteiger charge is -2.33. The minimum atomic E-state index is -0.144. The predicted molar refractivity (Wildman–Crippen MR) is 114 cm³/mol. The number of rotatable bonds is 6. The quantitative estimate of drug-likeness (QED) is 0.743. The van der Waals surface area contributed by atoms with Crippen LogP contribution in [0.5, 0.6) is 0 Å². The number of fused-ring (bicyclic) bond motifs is 1. The number of nitrogens with zero attached hydrogens (tertiary/aromatic N) is 4. The summed E-state index contributed by atoms with van der Waals surface area (Å²) in [6.45, 7) is 1.63. The molecule has 1 saturated heterocycles. The van der Waals surface area contributed by atoms with Crippen LogP contribution in [0.4, 0.5) is 0 Å². The second kappa shape index (κ2) is 9.41. The van der Waals surface area contributed by atoms with Gasteiger partial charge in [0.15, 0.2) is 0 Å². The van der Waals surface area contributed by atoms with Gasteiger partial charge in [-0.25, -0.2) is 0 Å². The van der Waals surface area contributed by atoms with E-state index in [4.69, 9.17) is 0 Å². The minimum Gasteiger partial charge on any atom is -0.342 e. The Morgan fingerprint density at radius 3 is 2.93 bits per heavy atom. The summed E-state index contributed by atoms with van der Waals surface area (Å²) in [7, 11) is 1.86. The highest BCUT2D eigenvalue weighted by Crippen LogP contribution is 2.24. The first kappa shape index (κ1) is 20.6. The van der Waals surface area contributed by atoms with E-state index in [-0.39, 0.29) is 17.7 Å². The summed E-state index contributed by atoms with van der Waals surface area (Å²) in [6, 6.07) is 5.81. The zero-order valence-corrected chi connectivity index (χ0v) is 17.8. The summed E-state index contributed by atoms with van der Waals surface area (Å²) < 4.78 is 0. The molecule has 1 atom stereocenters. The smallest absolute Gasteiger partial charge is 0.227 e. The first-order valence-corrected chi connectivity index (χ1v) is 11.1. The van der Waals surface area contributed by atoms with Gasteiger partial charge in [0.05, 0.1) is 18.2 Å². The van der Waals surface area contributed by atoms with Crippen LogP contribution >= 0.6 is 0 Å². The molecule has 1 aliphatic carbocycles. The largest absolute Gasteiger partial charge is 0.342 e. The van der Waals surface area contributed by atoms with Gasteiger partial charge in [0.2, 0.25) is 11.8 Å². The Morgan fingerprint density at radius 2 is 2.10 bits per heavy atom. The van der Waals surface area contributed by atoms with Gasteiger partial charge in [0, 0.05) is 50.6 Å². The fourth-order valence-corrected chi connectivity index (χ4v) is 4.60. The van der Waals surface area contributed by atoms with Crippen LogP contribution in [0.15, 0.2) is 24.4 Å². The zero-order chi connectivity index (χ0) is 20.9. The van der Waals surface area contributed by atoms with Crippen LogP contribution in [0.2, 0.25) is 0 Å². The molecule has 2 aliphatic rings. The number of piperidine rings is 1. The van der Waals surface area contributed by atoms with Gasteiger partial charge in [-0.1, -0.05) is 12.5 Å². The first-order valence-electron chi connectivity index (χ1n) is 11.1. The Hall–Kier alpha value is -2.70. The number of carbonyl (C=O) groups excluding carboxylic acids is 2. The minimum absolute atomic E-state index is 0.107. The molecule has 0 spiro atoms. The van der Waals surface area contributed by atoms with E-state index < -0.39 is 0 Å². The maximum absolute atomic E-state index is 13.1. The highest BCUT2D eigenvalue weighted by Gasteiger charge is 2.32. The number of aromatic amines is 1. The Morgan fingerprint density at radius 1 is 1.23 bits per heavy atom. The van der Waals surface area contributed by atoms with Crippen LogP contribution < -0.4 is 0 Å². The number of amides is 2. The van der Waals surface area contributed by atoms with E-state index >= 15 is 0 Å². The van der Waals surface area contributed by atoms with Crippen molar-refractivity contribution < 1.29 is 9.59 Å². The average Bonchev–Trinajstić information content (AvgIpc) is 2.98. The zero-order valence-electron chi connectivity index (χ0n) is 17.8. The summed E-state index contributed by atoms with van der Waals surface area (Å²) in [6.07, 6.45) is 9.28. The number of hydrogen-bond acceptors (Lipinski definition) is 4. The van der Waals surface area contributed by atoms with E-state index in [0.717, 1.165) is 24.2 Å². The van der Waals surface area contributed by atoms with Gasteiger partial charge in [-0.15, -0.1) is 0 Å². The molecule has 7 nitrogen and oxygen atoms in total. The van der Waals surface area contributed by atoms with E-state index in [1.165, 1.54) is 30.5 Å². The summed E-state index contributed by atoms with van der Waals surface area (Å²) in [5, 5.41) is 7.70. The maximum Gasteiger partial charge on any atom is 0.227 e. The Labute approximate surface area is 177 Å². The SMILES string of the molecule is CN(Cc1n[nH]c2c1CCCCC2)C(=O)C1CCC(=O)N(CCc2ccccn2)C1. The molecule has 4 rings (SSSR count). The van der Waals surface area contributed by atoms with Crippen LogP contribution in [-0.4, -0.2) is 56.9 Å². The van der Waals surface area contributed by atoms with E-state index in [2.05, 4.69) is 15.2 Å². The molecule has 0 bridgehead atoms. The first-order chi connectivity index (χ1) is 14.6. The molecule has 1 fully saturated rings. The fourth-order valence-electron chi connectivity index (χ4n) is 4.60. The molecule has 2 aromatic rings.